The number of ether oxygens (including phenoxy) is 1. The van der Waals surface area contributed by atoms with Gasteiger partial charge in [0.25, 0.3) is 0 Å². The Kier molecular flexibility index (Phi) is 3.66. The molecule has 21 heavy (non-hydrogen) atoms. The molecule has 3 aromatic rings. The number of hydrogen-bond donors (Lipinski definition) is 2. The van der Waals surface area contributed by atoms with Crippen molar-refractivity contribution in [3.63, 3.8) is 0 Å². The van der Waals surface area contributed by atoms with Crippen molar-refractivity contribution in [2.24, 2.45) is 0 Å². The lowest BCUT2D eigenvalue weighted by Gasteiger charge is -2.14. The fourth-order valence-electron chi connectivity index (χ4n) is 2.23. The number of rotatable bonds is 3. The topological polar surface area (TPSA) is 60.2 Å². The van der Waals surface area contributed by atoms with Crippen LogP contribution in [0, 0.1) is 0 Å². The number of nitrogens with two attached hydrogens (primary N) is 1. The van der Waals surface area contributed by atoms with Crippen LogP contribution in [0.15, 0.2) is 53.1 Å². The Morgan fingerprint density at radius 3 is 2.81 bits per heavy atom. The predicted molar refractivity (Wildman–Crippen MR) is 90.1 cm³/mol. The third-order valence-corrected chi connectivity index (χ3v) is 3.72. The van der Waals surface area contributed by atoms with E-state index in [1.807, 2.05) is 42.5 Å². The molecule has 106 valence electrons. The van der Waals surface area contributed by atoms with Gasteiger partial charge >= 0.3 is 0 Å². The molecule has 1 aromatic heterocycles. The molecule has 0 aliphatic heterocycles. The molecule has 0 saturated carbocycles. The van der Waals surface area contributed by atoms with Gasteiger partial charge in [-0.05, 0) is 42.5 Å². The summed E-state index contributed by atoms with van der Waals surface area (Å²) in [6, 6.07) is 13.5. The minimum atomic E-state index is 0.664. The predicted octanol–water partition coefficient (Wildman–Crippen LogP) is 4.33. The van der Waals surface area contributed by atoms with Gasteiger partial charge in [-0.15, -0.1) is 0 Å². The highest BCUT2D eigenvalue weighted by Crippen LogP contribution is 2.34. The van der Waals surface area contributed by atoms with E-state index in [2.05, 4.69) is 26.2 Å². The maximum absolute atomic E-state index is 5.98. The van der Waals surface area contributed by atoms with E-state index >= 15 is 0 Å². The Labute approximate surface area is 131 Å². The minimum Gasteiger partial charge on any atom is -0.495 e. The summed E-state index contributed by atoms with van der Waals surface area (Å²) < 4.78 is 6.36. The Morgan fingerprint density at radius 1 is 1.14 bits per heavy atom. The van der Waals surface area contributed by atoms with Gasteiger partial charge in [-0.1, -0.05) is 15.9 Å². The molecule has 0 aliphatic carbocycles. The highest BCUT2D eigenvalue weighted by molar-refractivity contribution is 9.10. The van der Waals surface area contributed by atoms with E-state index in [4.69, 9.17) is 10.5 Å². The lowest BCUT2D eigenvalue weighted by Crippen LogP contribution is -1.97. The van der Waals surface area contributed by atoms with Gasteiger partial charge in [-0.2, -0.15) is 0 Å². The van der Waals surface area contributed by atoms with E-state index in [9.17, 15) is 0 Å². The Morgan fingerprint density at radius 2 is 2.00 bits per heavy atom. The van der Waals surface area contributed by atoms with Crippen molar-refractivity contribution >= 4 is 43.9 Å². The normalized spacial score (nSPS) is 10.6. The van der Waals surface area contributed by atoms with Gasteiger partial charge in [0.05, 0.1) is 24.0 Å². The van der Waals surface area contributed by atoms with Crippen molar-refractivity contribution in [2.75, 3.05) is 18.2 Å². The summed E-state index contributed by atoms with van der Waals surface area (Å²) in [7, 11) is 1.65. The molecule has 0 aliphatic rings. The van der Waals surface area contributed by atoms with Gasteiger partial charge < -0.3 is 15.8 Å². The van der Waals surface area contributed by atoms with Gasteiger partial charge in [0.2, 0.25) is 0 Å². The maximum atomic E-state index is 5.98. The van der Waals surface area contributed by atoms with Gasteiger partial charge in [-0.3, -0.25) is 4.98 Å². The molecule has 0 atom stereocenters. The summed E-state index contributed by atoms with van der Waals surface area (Å²) in [5.41, 5.74) is 9.24. The van der Waals surface area contributed by atoms with Crippen LogP contribution in [0.4, 0.5) is 17.1 Å². The molecule has 0 radical (unpaired) electrons. The van der Waals surface area contributed by atoms with Gasteiger partial charge in [0.15, 0.2) is 0 Å². The number of benzene rings is 2. The molecule has 4 nitrogen and oxygen atoms in total. The first kappa shape index (κ1) is 13.7. The lowest BCUT2D eigenvalue weighted by molar-refractivity contribution is 0.417. The number of methoxy groups -OCH3 is 1. The highest BCUT2D eigenvalue weighted by Gasteiger charge is 2.08. The summed E-state index contributed by atoms with van der Waals surface area (Å²) in [6.45, 7) is 0. The van der Waals surface area contributed by atoms with Crippen LogP contribution in [0.5, 0.6) is 5.75 Å². The van der Waals surface area contributed by atoms with Crippen LogP contribution in [-0.4, -0.2) is 12.1 Å². The molecule has 3 N–H and O–H groups in total. The number of nitrogen functional groups attached to an aromatic ring is 1. The van der Waals surface area contributed by atoms with E-state index in [0.29, 0.717) is 5.69 Å². The van der Waals surface area contributed by atoms with E-state index in [1.165, 1.54) is 0 Å². The molecule has 0 saturated heterocycles. The summed E-state index contributed by atoms with van der Waals surface area (Å²) in [5.74, 6) is 0.770. The molecule has 2 aromatic carbocycles. The van der Waals surface area contributed by atoms with Crippen LogP contribution in [0.2, 0.25) is 0 Å². The molecule has 3 rings (SSSR count). The van der Waals surface area contributed by atoms with Crippen molar-refractivity contribution < 1.29 is 4.74 Å². The van der Waals surface area contributed by atoms with Crippen LogP contribution in [0.3, 0.4) is 0 Å². The average molecular weight is 344 g/mol. The zero-order valence-electron chi connectivity index (χ0n) is 11.4. The number of fused-ring (bicyclic) bond motifs is 1. The second-order valence-electron chi connectivity index (χ2n) is 4.57. The summed E-state index contributed by atoms with van der Waals surface area (Å²) >= 11 is 3.47. The molecular formula is C16H14BrN3O. The number of halogens is 1. The van der Waals surface area contributed by atoms with E-state index in [0.717, 1.165) is 32.5 Å². The summed E-state index contributed by atoms with van der Waals surface area (Å²) in [6.07, 6.45) is 1.74. The molecule has 0 fully saturated rings. The second kappa shape index (κ2) is 5.61. The standard InChI is InChI=1S/C16H14BrN3O/c1-21-15-7-4-10(17)9-14(15)20-13-6-5-12(18)16-11(13)3-2-8-19-16/h2-9,20H,18H2,1H3. The first-order chi connectivity index (χ1) is 10.2. The molecule has 0 spiro atoms. The monoisotopic (exact) mass is 343 g/mol. The van der Waals surface area contributed by atoms with Crippen molar-refractivity contribution in [2.45, 2.75) is 0 Å². The Balaban J connectivity index is 2.11. The van der Waals surface area contributed by atoms with E-state index < -0.39 is 0 Å². The molecule has 0 amide bonds. The molecule has 0 unspecified atom stereocenters. The first-order valence-electron chi connectivity index (χ1n) is 6.43. The van der Waals surface area contributed by atoms with Crippen molar-refractivity contribution in [1.29, 1.82) is 0 Å². The molecular weight excluding hydrogens is 330 g/mol. The fraction of sp³-hybridized carbons (Fsp3) is 0.0625. The zero-order chi connectivity index (χ0) is 14.8. The number of anilines is 3. The quantitative estimate of drug-likeness (QED) is 0.694. The van der Waals surface area contributed by atoms with Crippen molar-refractivity contribution in [3.8, 4) is 5.75 Å². The molecule has 1 heterocycles. The van der Waals surface area contributed by atoms with Crippen LogP contribution < -0.4 is 15.8 Å². The number of nitrogens with one attached hydrogen (secondary N) is 1. The summed E-state index contributed by atoms with van der Waals surface area (Å²) in [5, 5.41) is 4.36. The van der Waals surface area contributed by atoms with E-state index in [-0.39, 0.29) is 0 Å². The number of hydrogen-bond acceptors (Lipinski definition) is 4. The third-order valence-electron chi connectivity index (χ3n) is 3.23. The van der Waals surface area contributed by atoms with Crippen LogP contribution in [0.1, 0.15) is 0 Å². The maximum Gasteiger partial charge on any atom is 0.142 e. The molecule has 5 heteroatoms. The number of aromatic nitrogens is 1. The van der Waals surface area contributed by atoms with Gasteiger partial charge in [-0.25, -0.2) is 0 Å². The SMILES string of the molecule is COc1ccc(Br)cc1Nc1ccc(N)c2ncccc12. The highest BCUT2D eigenvalue weighted by atomic mass is 79.9. The number of nitrogens with zero attached hydrogens (tertiary/aromatic N) is 1. The Hall–Kier alpha value is -2.27. The van der Waals surface area contributed by atoms with Gasteiger partial charge in [0.1, 0.15) is 5.75 Å². The number of pyridine rings is 1. The molecule has 0 bridgehead atoms. The average Bonchev–Trinajstić information content (AvgIpc) is 2.51. The summed E-state index contributed by atoms with van der Waals surface area (Å²) in [4.78, 5) is 4.34. The zero-order valence-corrected chi connectivity index (χ0v) is 13.0. The first-order valence-corrected chi connectivity index (χ1v) is 7.22. The van der Waals surface area contributed by atoms with Gasteiger partial charge in [0, 0.05) is 21.7 Å². The van der Waals surface area contributed by atoms with Crippen LogP contribution in [-0.2, 0) is 0 Å². The van der Waals surface area contributed by atoms with E-state index in [1.54, 1.807) is 13.3 Å². The largest absolute Gasteiger partial charge is 0.495 e. The van der Waals surface area contributed by atoms with Crippen LogP contribution in [0.25, 0.3) is 10.9 Å². The fourth-order valence-corrected chi connectivity index (χ4v) is 2.59. The minimum absolute atomic E-state index is 0.664. The lowest BCUT2D eigenvalue weighted by atomic mass is 10.1. The second-order valence-corrected chi connectivity index (χ2v) is 5.49. The van der Waals surface area contributed by atoms with Crippen molar-refractivity contribution in [1.82, 2.24) is 4.98 Å². The van der Waals surface area contributed by atoms with Crippen molar-refractivity contribution in [3.05, 3.63) is 53.1 Å². The third kappa shape index (κ3) is 2.64. The van der Waals surface area contributed by atoms with Crippen LogP contribution >= 0.6 is 15.9 Å². The smallest absolute Gasteiger partial charge is 0.142 e. The Bertz CT molecular complexity index is 805.